The van der Waals surface area contributed by atoms with Gasteiger partial charge in [-0.25, -0.2) is 15.2 Å². The molecule has 0 unspecified atom stereocenters. The average molecular weight is 338 g/mol. The highest BCUT2D eigenvalue weighted by atomic mass is 35.5. The maximum absolute atomic E-state index is 11.5. The van der Waals surface area contributed by atoms with Gasteiger partial charge in [0.05, 0.1) is 6.21 Å². The van der Waals surface area contributed by atoms with Gasteiger partial charge in [0.15, 0.2) is 5.13 Å². The van der Waals surface area contributed by atoms with E-state index < -0.39 is 11.9 Å². The van der Waals surface area contributed by atoms with Crippen LogP contribution in [0.25, 0.3) is 0 Å². The minimum atomic E-state index is -0.508. The largest absolute Gasteiger partial charge is 0.329 e. The fourth-order valence-electron chi connectivity index (χ4n) is 1.35. The Morgan fingerprint density at radius 3 is 2.77 bits per heavy atom. The van der Waals surface area contributed by atoms with E-state index in [1.165, 1.54) is 17.6 Å². The number of urea groups is 1. The second kappa shape index (κ2) is 8.11. The molecular formula is C13H12ClN5O2S. The van der Waals surface area contributed by atoms with E-state index in [2.05, 4.69) is 26.1 Å². The van der Waals surface area contributed by atoms with E-state index in [1.807, 2.05) is 0 Å². The Morgan fingerprint density at radius 2 is 2.09 bits per heavy atom. The van der Waals surface area contributed by atoms with Crippen LogP contribution in [0.3, 0.4) is 0 Å². The van der Waals surface area contributed by atoms with Crippen molar-refractivity contribution in [3.63, 3.8) is 0 Å². The molecule has 7 nitrogen and oxygen atoms in total. The van der Waals surface area contributed by atoms with Crippen molar-refractivity contribution in [2.24, 2.45) is 5.10 Å². The fourth-order valence-corrected chi connectivity index (χ4v) is 2.00. The molecule has 1 aromatic carbocycles. The monoisotopic (exact) mass is 337 g/mol. The fraction of sp³-hybridized carbons (Fsp3) is 0.0769. The standard InChI is InChI=1S/C13H12ClN5O2S/c14-10-3-1-9(2-4-10)7-17-19-11(20)8-16-12(21)18-13-15-5-6-22-13/h1-7H,8H2,(H,19,20)(H2,15,16,18,21). The lowest BCUT2D eigenvalue weighted by atomic mass is 10.2. The van der Waals surface area contributed by atoms with Crippen LogP contribution in [0.5, 0.6) is 0 Å². The van der Waals surface area contributed by atoms with Crippen LogP contribution in [0.1, 0.15) is 5.56 Å². The van der Waals surface area contributed by atoms with Gasteiger partial charge in [0, 0.05) is 16.6 Å². The number of amides is 3. The molecule has 9 heteroatoms. The summed E-state index contributed by atoms with van der Waals surface area (Å²) in [7, 11) is 0. The van der Waals surface area contributed by atoms with Crippen molar-refractivity contribution in [2.45, 2.75) is 0 Å². The predicted molar refractivity (Wildman–Crippen MR) is 86.3 cm³/mol. The van der Waals surface area contributed by atoms with Gasteiger partial charge in [-0.3, -0.25) is 10.1 Å². The number of benzene rings is 1. The maximum Gasteiger partial charge on any atom is 0.321 e. The summed E-state index contributed by atoms with van der Waals surface area (Å²) in [6, 6.07) is 6.45. The molecule has 1 aromatic heterocycles. The molecular weight excluding hydrogens is 326 g/mol. The number of aromatic nitrogens is 1. The first-order valence-electron chi connectivity index (χ1n) is 6.15. The smallest absolute Gasteiger partial charge is 0.321 e. The second-order valence-electron chi connectivity index (χ2n) is 3.99. The third-order valence-corrected chi connectivity index (χ3v) is 3.28. The number of rotatable bonds is 5. The van der Waals surface area contributed by atoms with Crippen molar-refractivity contribution >= 4 is 46.2 Å². The molecule has 22 heavy (non-hydrogen) atoms. The normalized spacial score (nSPS) is 10.4. The first kappa shape index (κ1) is 15.9. The van der Waals surface area contributed by atoms with Crippen LogP contribution in [-0.2, 0) is 4.79 Å². The van der Waals surface area contributed by atoms with Crippen molar-refractivity contribution in [2.75, 3.05) is 11.9 Å². The van der Waals surface area contributed by atoms with Gasteiger partial charge in [-0.15, -0.1) is 11.3 Å². The summed E-state index contributed by atoms with van der Waals surface area (Å²) in [5, 5.41) is 11.5. The molecule has 2 rings (SSSR count). The Morgan fingerprint density at radius 1 is 1.32 bits per heavy atom. The van der Waals surface area contributed by atoms with E-state index >= 15 is 0 Å². The quantitative estimate of drug-likeness (QED) is 0.575. The molecule has 0 aliphatic carbocycles. The lowest BCUT2D eigenvalue weighted by Crippen LogP contribution is -2.37. The number of halogens is 1. The second-order valence-corrected chi connectivity index (χ2v) is 5.32. The first-order valence-corrected chi connectivity index (χ1v) is 7.41. The predicted octanol–water partition coefficient (Wildman–Crippen LogP) is 2.07. The molecule has 3 amide bonds. The van der Waals surface area contributed by atoms with E-state index in [-0.39, 0.29) is 6.54 Å². The number of anilines is 1. The molecule has 0 atom stereocenters. The molecule has 0 aliphatic rings. The number of carbonyl (C=O) groups excluding carboxylic acids is 2. The van der Waals surface area contributed by atoms with E-state index in [9.17, 15) is 9.59 Å². The zero-order valence-corrected chi connectivity index (χ0v) is 12.8. The average Bonchev–Trinajstić information content (AvgIpc) is 3.00. The van der Waals surface area contributed by atoms with Gasteiger partial charge in [0.2, 0.25) is 0 Å². The van der Waals surface area contributed by atoms with Crippen LogP contribution in [0, 0.1) is 0 Å². The minimum absolute atomic E-state index is 0.199. The third kappa shape index (κ3) is 5.51. The number of nitrogens with one attached hydrogen (secondary N) is 3. The van der Waals surface area contributed by atoms with Crippen LogP contribution in [0.4, 0.5) is 9.93 Å². The van der Waals surface area contributed by atoms with Crippen LogP contribution < -0.4 is 16.1 Å². The van der Waals surface area contributed by atoms with Gasteiger partial charge >= 0.3 is 6.03 Å². The lowest BCUT2D eigenvalue weighted by Gasteiger charge is -2.04. The van der Waals surface area contributed by atoms with E-state index in [4.69, 9.17) is 11.6 Å². The highest BCUT2D eigenvalue weighted by Crippen LogP contribution is 2.09. The Hall–Kier alpha value is -2.45. The third-order valence-electron chi connectivity index (χ3n) is 2.34. The summed E-state index contributed by atoms with van der Waals surface area (Å²) in [5.74, 6) is -0.445. The lowest BCUT2D eigenvalue weighted by molar-refractivity contribution is -0.120. The number of hydrogen-bond donors (Lipinski definition) is 3. The molecule has 0 saturated heterocycles. The van der Waals surface area contributed by atoms with Crippen LogP contribution >= 0.6 is 22.9 Å². The summed E-state index contributed by atoms with van der Waals surface area (Å²) < 4.78 is 0. The molecule has 0 radical (unpaired) electrons. The van der Waals surface area contributed by atoms with E-state index in [0.717, 1.165) is 5.56 Å². The number of thiazole rings is 1. The van der Waals surface area contributed by atoms with Crippen molar-refractivity contribution in [1.29, 1.82) is 0 Å². The van der Waals surface area contributed by atoms with Crippen molar-refractivity contribution < 1.29 is 9.59 Å². The topological polar surface area (TPSA) is 95.5 Å². The molecule has 0 saturated carbocycles. The molecule has 2 aromatic rings. The number of hydrazone groups is 1. The summed E-state index contributed by atoms with van der Waals surface area (Å²) in [5.41, 5.74) is 3.09. The number of nitrogens with zero attached hydrogens (tertiary/aromatic N) is 2. The van der Waals surface area contributed by atoms with Gasteiger partial charge in [-0.05, 0) is 17.7 Å². The van der Waals surface area contributed by atoms with Gasteiger partial charge in [0.1, 0.15) is 6.54 Å². The molecule has 0 fully saturated rings. The van der Waals surface area contributed by atoms with Gasteiger partial charge in [0.25, 0.3) is 5.91 Å². The SMILES string of the molecule is O=C(CNC(=O)Nc1nccs1)NN=Cc1ccc(Cl)cc1. The molecule has 1 heterocycles. The summed E-state index contributed by atoms with van der Waals surface area (Å²) >= 11 is 7.04. The zero-order valence-electron chi connectivity index (χ0n) is 11.2. The Balaban J connectivity index is 1.69. The molecule has 3 N–H and O–H groups in total. The highest BCUT2D eigenvalue weighted by Gasteiger charge is 2.05. The van der Waals surface area contributed by atoms with Crippen LogP contribution in [-0.4, -0.2) is 29.7 Å². The van der Waals surface area contributed by atoms with Gasteiger partial charge < -0.3 is 5.32 Å². The number of hydrogen-bond acceptors (Lipinski definition) is 5. The molecule has 0 spiro atoms. The Kier molecular flexibility index (Phi) is 5.87. The van der Waals surface area contributed by atoms with E-state index in [0.29, 0.717) is 10.2 Å². The summed E-state index contributed by atoms with van der Waals surface area (Å²) in [4.78, 5) is 26.8. The van der Waals surface area contributed by atoms with E-state index in [1.54, 1.807) is 35.8 Å². The maximum atomic E-state index is 11.5. The Bertz CT molecular complexity index is 658. The number of carbonyl (C=O) groups is 2. The van der Waals surface area contributed by atoms with Crippen LogP contribution in [0.15, 0.2) is 40.9 Å². The molecule has 0 bridgehead atoms. The van der Waals surface area contributed by atoms with Crippen LogP contribution in [0.2, 0.25) is 5.02 Å². The molecule has 0 aliphatic heterocycles. The highest BCUT2D eigenvalue weighted by molar-refractivity contribution is 7.13. The minimum Gasteiger partial charge on any atom is -0.329 e. The Labute approximate surface area is 135 Å². The van der Waals surface area contributed by atoms with Gasteiger partial charge in [-0.1, -0.05) is 23.7 Å². The van der Waals surface area contributed by atoms with Crippen molar-refractivity contribution in [3.8, 4) is 0 Å². The van der Waals surface area contributed by atoms with Gasteiger partial charge in [-0.2, -0.15) is 5.10 Å². The first-order chi connectivity index (χ1) is 10.6. The summed E-state index contributed by atoms with van der Waals surface area (Å²) in [6.45, 7) is -0.199. The summed E-state index contributed by atoms with van der Waals surface area (Å²) in [6.07, 6.45) is 3.04. The zero-order chi connectivity index (χ0) is 15.8. The van der Waals surface area contributed by atoms with Crippen molar-refractivity contribution in [1.82, 2.24) is 15.7 Å². The van der Waals surface area contributed by atoms with Crippen molar-refractivity contribution in [3.05, 3.63) is 46.4 Å². The molecule has 114 valence electrons.